The zero-order valence-corrected chi connectivity index (χ0v) is 14.3. The summed E-state index contributed by atoms with van der Waals surface area (Å²) in [5.41, 5.74) is 2.66. The maximum Gasteiger partial charge on any atom is 0.141 e. The molecule has 0 aromatic carbocycles. The van der Waals surface area contributed by atoms with E-state index in [1.54, 1.807) is 19.3 Å². The number of hydrogen-bond donors (Lipinski definition) is 4. The summed E-state index contributed by atoms with van der Waals surface area (Å²) in [6.07, 6.45) is 2.77. The second-order valence-electron chi connectivity index (χ2n) is 6.44. The highest BCUT2D eigenvalue weighted by Crippen LogP contribution is 2.26. The van der Waals surface area contributed by atoms with E-state index in [2.05, 4.69) is 30.2 Å². The first-order valence-corrected chi connectivity index (χ1v) is 8.31. The summed E-state index contributed by atoms with van der Waals surface area (Å²) in [7, 11) is 0. The molecular formula is C16H24N6O3. The van der Waals surface area contributed by atoms with Crippen molar-refractivity contribution in [1.29, 1.82) is 0 Å². The Balaban J connectivity index is 1.69. The number of H-pyrrole nitrogens is 1. The van der Waals surface area contributed by atoms with Gasteiger partial charge >= 0.3 is 0 Å². The van der Waals surface area contributed by atoms with Gasteiger partial charge < -0.3 is 15.3 Å². The van der Waals surface area contributed by atoms with Crippen LogP contribution >= 0.6 is 0 Å². The van der Waals surface area contributed by atoms with Gasteiger partial charge in [0.2, 0.25) is 0 Å². The first kappa shape index (κ1) is 17.7. The molecule has 1 unspecified atom stereocenters. The standard InChI is InChI=1S/C16H24N6O3/c1-11-16(25)15(12(10-23)4-17-11)9-22-3-2-21(7-14(24)8-22)6-13-5-18-20-19-13/h4-5,14,23-25H,2-3,6-10H2,1H3,(H,18,19,20). The molecule has 0 bridgehead atoms. The normalized spacial score (nSPS) is 19.9. The molecule has 136 valence electrons. The van der Waals surface area contributed by atoms with E-state index in [-0.39, 0.29) is 12.4 Å². The Labute approximate surface area is 145 Å². The van der Waals surface area contributed by atoms with Gasteiger partial charge in [0.25, 0.3) is 0 Å². The molecule has 25 heavy (non-hydrogen) atoms. The predicted octanol–water partition coefficient (Wildman–Crippen LogP) is -0.615. The molecule has 3 heterocycles. The zero-order chi connectivity index (χ0) is 17.8. The lowest BCUT2D eigenvalue weighted by Gasteiger charge is -2.23. The third-order valence-corrected chi connectivity index (χ3v) is 4.50. The van der Waals surface area contributed by atoms with Crippen LogP contribution in [0.15, 0.2) is 12.4 Å². The van der Waals surface area contributed by atoms with Crippen LogP contribution in [0, 0.1) is 6.92 Å². The lowest BCUT2D eigenvalue weighted by Crippen LogP contribution is -2.33. The number of hydrogen-bond acceptors (Lipinski definition) is 8. The van der Waals surface area contributed by atoms with Gasteiger partial charge in [-0.3, -0.25) is 14.8 Å². The average Bonchev–Trinajstić information content (AvgIpc) is 3.03. The van der Waals surface area contributed by atoms with Crippen molar-refractivity contribution in [2.24, 2.45) is 0 Å². The fourth-order valence-electron chi connectivity index (χ4n) is 3.16. The zero-order valence-electron chi connectivity index (χ0n) is 14.3. The molecule has 0 saturated carbocycles. The molecule has 1 fully saturated rings. The number of rotatable bonds is 5. The summed E-state index contributed by atoms with van der Waals surface area (Å²) < 4.78 is 0. The monoisotopic (exact) mass is 348 g/mol. The fraction of sp³-hybridized carbons (Fsp3) is 0.562. The van der Waals surface area contributed by atoms with E-state index in [4.69, 9.17) is 0 Å². The molecule has 0 aliphatic carbocycles. The maximum atomic E-state index is 10.3. The van der Waals surface area contributed by atoms with Crippen molar-refractivity contribution in [3.05, 3.63) is 34.9 Å². The average molecular weight is 348 g/mol. The van der Waals surface area contributed by atoms with E-state index in [0.717, 1.165) is 18.8 Å². The van der Waals surface area contributed by atoms with Crippen molar-refractivity contribution in [2.75, 3.05) is 26.2 Å². The maximum absolute atomic E-state index is 10.3. The summed E-state index contributed by atoms with van der Waals surface area (Å²) in [6.45, 7) is 5.20. The van der Waals surface area contributed by atoms with Crippen molar-refractivity contribution in [1.82, 2.24) is 30.2 Å². The van der Waals surface area contributed by atoms with Gasteiger partial charge in [0.1, 0.15) is 5.75 Å². The van der Waals surface area contributed by atoms with Gasteiger partial charge in [-0.1, -0.05) is 0 Å². The summed E-state index contributed by atoms with van der Waals surface area (Å²) in [5.74, 6) is 0.115. The summed E-state index contributed by atoms with van der Waals surface area (Å²) >= 11 is 0. The summed E-state index contributed by atoms with van der Waals surface area (Å²) in [4.78, 5) is 8.31. The van der Waals surface area contributed by atoms with Crippen molar-refractivity contribution >= 4 is 0 Å². The second kappa shape index (κ2) is 7.87. The lowest BCUT2D eigenvalue weighted by molar-refractivity contribution is 0.105. The van der Waals surface area contributed by atoms with Crippen molar-refractivity contribution in [2.45, 2.75) is 32.7 Å². The molecule has 9 nitrogen and oxygen atoms in total. The first-order chi connectivity index (χ1) is 12.1. The minimum Gasteiger partial charge on any atom is -0.506 e. The number of aromatic amines is 1. The topological polar surface area (TPSA) is 122 Å². The number of nitrogens with one attached hydrogen (secondary N) is 1. The van der Waals surface area contributed by atoms with Gasteiger partial charge in [0.05, 0.1) is 30.3 Å². The Kier molecular flexibility index (Phi) is 5.59. The molecule has 0 radical (unpaired) electrons. The minimum absolute atomic E-state index is 0.115. The van der Waals surface area contributed by atoms with Crippen LogP contribution in [-0.2, 0) is 19.7 Å². The van der Waals surface area contributed by atoms with Crippen LogP contribution in [0.3, 0.4) is 0 Å². The van der Waals surface area contributed by atoms with Crippen LogP contribution in [0.1, 0.15) is 22.5 Å². The smallest absolute Gasteiger partial charge is 0.141 e. The van der Waals surface area contributed by atoms with E-state index in [9.17, 15) is 15.3 Å². The van der Waals surface area contributed by atoms with E-state index in [0.29, 0.717) is 43.0 Å². The number of aromatic hydroxyl groups is 1. The van der Waals surface area contributed by atoms with Crippen LogP contribution in [0.25, 0.3) is 0 Å². The lowest BCUT2D eigenvalue weighted by atomic mass is 10.1. The highest BCUT2D eigenvalue weighted by atomic mass is 16.3. The highest BCUT2D eigenvalue weighted by molar-refractivity contribution is 5.40. The first-order valence-electron chi connectivity index (χ1n) is 8.31. The van der Waals surface area contributed by atoms with Crippen molar-refractivity contribution in [3.63, 3.8) is 0 Å². The fourth-order valence-corrected chi connectivity index (χ4v) is 3.16. The van der Waals surface area contributed by atoms with Crippen LogP contribution in [0.2, 0.25) is 0 Å². The molecule has 1 saturated heterocycles. The largest absolute Gasteiger partial charge is 0.506 e. The van der Waals surface area contributed by atoms with E-state index in [1.807, 2.05) is 0 Å². The summed E-state index contributed by atoms with van der Waals surface area (Å²) in [5, 5.41) is 40.6. The molecule has 3 rings (SSSR count). The third-order valence-electron chi connectivity index (χ3n) is 4.50. The SMILES string of the molecule is Cc1ncc(CO)c(CN2CCN(Cc3cn[nH]n3)CC(O)C2)c1O. The van der Waals surface area contributed by atoms with Crippen LogP contribution in [0.5, 0.6) is 5.75 Å². The van der Waals surface area contributed by atoms with Gasteiger partial charge in [-0.05, 0) is 6.92 Å². The Morgan fingerprint density at radius 3 is 2.56 bits per heavy atom. The Hall–Kier alpha value is -2.07. The minimum atomic E-state index is -0.503. The highest BCUT2D eigenvalue weighted by Gasteiger charge is 2.23. The number of aromatic nitrogens is 4. The molecule has 9 heteroatoms. The predicted molar refractivity (Wildman–Crippen MR) is 89.5 cm³/mol. The van der Waals surface area contributed by atoms with Crippen LogP contribution < -0.4 is 0 Å². The number of aryl methyl sites for hydroxylation is 1. The summed E-state index contributed by atoms with van der Waals surface area (Å²) in [6, 6.07) is 0. The quantitative estimate of drug-likeness (QED) is 0.564. The van der Waals surface area contributed by atoms with E-state index >= 15 is 0 Å². The number of pyridine rings is 1. The number of nitrogens with zero attached hydrogens (tertiary/aromatic N) is 5. The van der Waals surface area contributed by atoms with Gasteiger partial charge in [-0.25, -0.2) is 0 Å². The Morgan fingerprint density at radius 2 is 1.92 bits per heavy atom. The second-order valence-corrected chi connectivity index (χ2v) is 6.44. The number of aliphatic hydroxyl groups is 2. The van der Waals surface area contributed by atoms with Gasteiger partial charge in [0, 0.05) is 56.6 Å². The van der Waals surface area contributed by atoms with Crippen LogP contribution in [-0.4, -0.2) is 77.8 Å². The number of aliphatic hydroxyl groups excluding tert-OH is 2. The molecule has 0 spiro atoms. The molecule has 4 N–H and O–H groups in total. The molecule has 1 aliphatic heterocycles. The number of β-amino-alcohol motifs (C(OH)–C–C–N with tert-alkyl or cyclic N) is 1. The molecule has 1 atom stereocenters. The Morgan fingerprint density at radius 1 is 1.20 bits per heavy atom. The molecule has 1 aliphatic rings. The Bertz CT molecular complexity index is 693. The van der Waals surface area contributed by atoms with Crippen LogP contribution in [0.4, 0.5) is 0 Å². The molecule has 2 aromatic rings. The van der Waals surface area contributed by atoms with E-state index in [1.165, 1.54) is 0 Å². The molecule has 0 amide bonds. The van der Waals surface area contributed by atoms with Gasteiger partial charge in [0.15, 0.2) is 0 Å². The third kappa shape index (κ3) is 4.31. The van der Waals surface area contributed by atoms with Crippen molar-refractivity contribution < 1.29 is 15.3 Å². The molecular weight excluding hydrogens is 324 g/mol. The van der Waals surface area contributed by atoms with E-state index < -0.39 is 6.10 Å². The van der Waals surface area contributed by atoms with Gasteiger partial charge in [-0.2, -0.15) is 15.4 Å². The van der Waals surface area contributed by atoms with Gasteiger partial charge in [-0.15, -0.1) is 0 Å². The molecule has 2 aromatic heterocycles. The van der Waals surface area contributed by atoms with Crippen molar-refractivity contribution in [3.8, 4) is 5.75 Å².